The molecule has 1 amide bonds. The quantitative estimate of drug-likeness (QED) is 0.717. The molecule has 0 fully saturated rings. The van der Waals surface area contributed by atoms with Crippen LogP contribution in [-0.2, 0) is 4.74 Å². The fourth-order valence-corrected chi connectivity index (χ4v) is 1.17. The van der Waals surface area contributed by atoms with Crippen molar-refractivity contribution < 1.29 is 9.53 Å². The molecule has 2 N–H and O–H groups in total. The van der Waals surface area contributed by atoms with Crippen molar-refractivity contribution in [3.8, 4) is 0 Å². The monoisotopic (exact) mass is 202 g/mol. The van der Waals surface area contributed by atoms with Crippen molar-refractivity contribution in [3.63, 3.8) is 0 Å². The highest BCUT2D eigenvalue weighted by molar-refractivity contribution is 7.99. The van der Waals surface area contributed by atoms with Crippen molar-refractivity contribution in [1.29, 1.82) is 0 Å². The Morgan fingerprint density at radius 2 is 2.54 bits per heavy atom. The van der Waals surface area contributed by atoms with Crippen molar-refractivity contribution in [2.45, 2.75) is 12.1 Å². The predicted molar refractivity (Wildman–Crippen MR) is 48.8 cm³/mol. The number of carbonyl (C=O) groups excluding carboxylic acids is 1. The zero-order valence-corrected chi connectivity index (χ0v) is 8.14. The third-order valence-corrected chi connectivity index (χ3v) is 1.87. The second kappa shape index (κ2) is 4.70. The number of thioether (sulfide) groups is 1. The normalized spacial score (nSPS) is 9.69. The minimum Gasteiger partial charge on any atom is -0.453 e. The lowest BCUT2D eigenvalue weighted by Crippen LogP contribution is -2.11. The Morgan fingerprint density at radius 3 is 3.15 bits per heavy atom. The SMILES string of the molecule is CCSc1n[nH]c(NC(=O)OC)n1. The first kappa shape index (κ1) is 9.85. The van der Waals surface area contributed by atoms with E-state index in [1.165, 1.54) is 18.9 Å². The molecule has 0 saturated heterocycles. The van der Waals surface area contributed by atoms with Crippen molar-refractivity contribution >= 4 is 23.8 Å². The van der Waals surface area contributed by atoms with Gasteiger partial charge in [-0.2, -0.15) is 4.98 Å². The van der Waals surface area contributed by atoms with E-state index < -0.39 is 6.09 Å². The zero-order chi connectivity index (χ0) is 9.68. The average molecular weight is 202 g/mol. The van der Waals surface area contributed by atoms with Crippen LogP contribution in [0.4, 0.5) is 10.7 Å². The number of nitrogens with one attached hydrogen (secondary N) is 2. The van der Waals surface area contributed by atoms with Gasteiger partial charge >= 0.3 is 6.09 Å². The van der Waals surface area contributed by atoms with Gasteiger partial charge in [0.25, 0.3) is 0 Å². The van der Waals surface area contributed by atoms with Gasteiger partial charge in [0.1, 0.15) is 0 Å². The molecular weight excluding hydrogens is 192 g/mol. The third kappa shape index (κ3) is 2.94. The van der Waals surface area contributed by atoms with Gasteiger partial charge in [0.2, 0.25) is 11.1 Å². The Kier molecular flexibility index (Phi) is 3.56. The maximum Gasteiger partial charge on any atom is 0.413 e. The van der Waals surface area contributed by atoms with Gasteiger partial charge in [-0.15, -0.1) is 5.10 Å². The predicted octanol–water partition coefficient (Wildman–Crippen LogP) is 1.09. The molecule has 0 bridgehead atoms. The number of carbonyl (C=O) groups is 1. The summed E-state index contributed by atoms with van der Waals surface area (Å²) >= 11 is 1.49. The molecule has 1 rings (SSSR count). The van der Waals surface area contributed by atoms with E-state index in [-0.39, 0.29) is 0 Å². The molecule has 0 aliphatic carbocycles. The smallest absolute Gasteiger partial charge is 0.413 e. The van der Waals surface area contributed by atoms with Gasteiger partial charge in [-0.1, -0.05) is 18.7 Å². The largest absolute Gasteiger partial charge is 0.453 e. The summed E-state index contributed by atoms with van der Waals surface area (Å²) in [6.07, 6.45) is -0.566. The summed E-state index contributed by atoms with van der Waals surface area (Å²) in [6.45, 7) is 1.99. The maximum atomic E-state index is 10.7. The summed E-state index contributed by atoms with van der Waals surface area (Å²) < 4.78 is 4.38. The molecule has 13 heavy (non-hydrogen) atoms. The van der Waals surface area contributed by atoms with Gasteiger partial charge in [0.05, 0.1) is 7.11 Å². The average Bonchev–Trinajstić information content (AvgIpc) is 2.53. The van der Waals surface area contributed by atoms with Crippen LogP contribution in [-0.4, -0.2) is 34.1 Å². The molecule has 72 valence electrons. The van der Waals surface area contributed by atoms with Gasteiger partial charge < -0.3 is 4.74 Å². The van der Waals surface area contributed by atoms with Crippen LogP contribution in [0.2, 0.25) is 0 Å². The van der Waals surface area contributed by atoms with Gasteiger partial charge in [0.15, 0.2) is 0 Å². The number of aromatic nitrogens is 3. The van der Waals surface area contributed by atoms with E-state index in [0.29, 0.717) is 11.1 Å². The molecule has 0 saturated carbocycles. The van der Waals surface area contributed by atoms with Gasteiger partial charge in [-0.25, -0.2) is 9.89 Å². The second-order valence-corrected chi connectivity index (χ2v) is 3.25. The highest BCUT2D eigenvalue weighted by atomic mass is 32.2. The summed E-state index contributed by atoms with van der Waals surface area (Å²) in [7, 11) is 1.29. The Morgan fingerprint density at radius 1 is 1.77 bits per heavy atom. The van der Waals surface area contributed by atoms with E-state index in [1.54, 1.807) is 0 Å². The lowest BCUT2D eigenvalue weighted by molar-refractivity contribution is 0.186. The summed E-state index contributed by atoms with van der Waals surface area (Å²) in [6, 6.07) is 0. The highest BCUT2D eigenvalue weighted by Crippen LogP contribution is 2.12. The number of nitrogens with zero attached hydrogens (tertiary/aromatic N) is 2. The van der Waals surface area contributed by atoms with Crippen LogP contribution in [0.1, 0.15) is 6.92 Å². The molecule has 7 heteroatoms. The lowest BCUT2D eigenvalue weighted by Gasteiger charge is -1.96. The van der Waals surface area contributed by atoms with Crippen LogP contribution >= 0.6 is 11.8 Å². The number of rotatable bonds is 3. The first-order chi connectivity index (χ1) is 6.26. The number of ether oxygens (including phenoxy) is 1. The Labute approximate surface area is 79.5 Å². The number of aromatic amines is 1. The molecule has 0 aromatic carbocycles. The van der Waals surface area contributed by atoms with Crippen molar-refractivity contribution in [3.05, 3.63) is 0 Å². The van der Waals surface area contributed by atoms with E-state index in [4.69, 9.17) is 0 Å². The minimum absolute atomic E-state index is 0.294. The molecule has 6 nitrogen and oxygen atoms in total. The number of amides is 1. The summed E-state index contributed by atoms with van der Waals surface area (Å²) in [5.74, 6) is 1.18. The van der Waals surface area contributed by atoms with Gasteiger partial charge in [-0.3, -0.25) is 5.32 Å². The standard InChI is InChI=1S/C6H10N4O2S/c1-3-13-5-7-4(9-10-5)8-6(11)12-2/h3H2,1-2H3,(H2,7,8,9,10,11). The summed E-state index contributed by atoms with van der Waals surface area (Å²) in [5, 5.41) is 9.38. The van der Waals surface area contributed by atoms with Gasteiger partial charge in [0, 0.05) is 0 Å². The molecule has 1 aromatic heterocycles. The van der Waals surface area contributed by atoms with Crippen LogP contribution < -0.4 is 5.32 Å². The summed E-state index contributed by atoms with van der Waals surface area (Å²) in [5.41, 5.74) is 0. The number of hydrogen-bond donors (Lipinski definition) is 2. The lowest BCUT2D eigenvalue weighted by atomic mass is 10.9. The molecular formula is C6H10N4O2S. The van der Waals surface area contributed by atoms with E-state index in [9.17, 15) is 4.79 Å². The third-order valence-electron chi connectivity index (χ3n) is 1.14. The number of methoxy groups -OCH3 is 1. The molecule has 1 heterocycles. The molecule has 0 radical (unpaired) electrons. The fourth-order valence-electron chi connectivity index (χ4n) is 0.644. The zero-order valence-electron chi connectivity index (χ0n) is 7.33. The maximum absolute atomic E-state index is 10.7. The molecule has 0 aliphatic rings. The van der Waals surface area contributed by atoms with Crippen molar-refractivity contribution in [2.24, 2.45) is 0 Å². The first-order valence-corrected chi connectivity index (χ1v) is 4.65. The van der Waals surface area contributed by atoms with Crippen molar-refractivity contribution in [1.82, 2.24) is 15.2 Å². The Bertz CT molecular complexity index is 288. The van der Waals surface area contributed by atoms with Crippen LogP contribution in [0.25, 0.3) is 0 Å². The van der Waals surface area contributed by atoms with E-state index in [2.05, 4.69) is 25.2 Å². The number of anilines is 1. The van der Waals surface area contributed by atoms with E-state index in [0.717, 1.165) is 5.75 Å². The van der Waals surface area contributed by atoms with Crippen LogP contribution in [0.5, 0.6) is 0 Å². The topological polar surface area (TPSA) is 79.9 Å². The van der Waals surface area contributed by atoms with Crippen LogP contribution in [0.3, 0.4) is 0 Å². The van der Waals surface area contributed by atoms with Crippen LogP contribution in [0.15, 0.2) is 5.16 Å². The molecule has 1 aromatic rings. The molecule has 0 spiro atoms. The Hall–Kier alpha value is -1.24. The van der Waals surface area contributed by atoms with E-state index in [1.807, 2.05) is 6.92 Å². The van der Waals surface area contributed by atoms with Crippen molar-refractivity contribution in [2.75, 3.05) is 18.2 Å². The van der Waals surface area contributed by atoms with E-state index >= 15 is 0 Å². The number of hydrogen-bond acceptors (Lipinski definition) is 5. The highest BCUT2D eigenvalue weighted by Gasteiger charge is 2.05. The number of H-pyrrole nitrogens is 1. The molecule has 0 unspecified atom stereocenters. The second-order valence-electron chi connectivity index (χ2n) is 2.02. The van der Waals surface area contributed by atoms with Crippen LogP contribution in [0, 0.1) is 0 Å². The fraction of sp³-hybridized carbons (Fsp3) is 0.500. The summed E-state index contributed by atoms with van der Waals surface area (Å²) in [4.78, 5) is 14.7. The Balaban J connectivity index is 2.53. The minimum atomic E-state index is -0.566. The first-order valence-electron chi connectivity index (χ1n) is 3.66. The van der Waals surface area contributed by atoms with Gasteiger partial charge in [-0.05, 0) is 5.75 Å². The molecule has 0 aliphatic heterocycles. The molecule has 0 atom stereocenters.